The van der Waals surface area contributed by atoms with Gasteiger partial charge < -0.3 is 95.6 Å². The number of carboxylic acid groups (broad SMARTS) is 1. The van der Waals surface area contributed by atoms with Gasteiger partial charge in [-0.25, -0.2) is 9.78 Å². The number of benzene rings is 3. The quantitative estimate of drug-likeness (QED) is 0.0219. The molecular formula is C72H104N16O17. The molecule has 0 radical (unpaired) electrons. The first-order valence-corrected chi connectivity index (χ1v) is 34.9. The van der Waals surface area contributed by atoms with Crippen LogP contribution in [-0.2, 0) is 92.8 Å². The van der Waals surface area contributed by atoms with Gasteiger partial charge in [0.15, 0.2) is 0 Å². The van der Waals surface area contributed by atoms with Gasteiger partial charge in [-0.3, -0.25) is 62.3 Å². The van der Waals surface area contributed by atoms with Crippen LogP contribution < -0.4 is 75.3 Å². The maximum Gasteiger partial charge on any atom is 0.326 e. The molecule has 0 fully saturated rings. The minimum Gasteiger partial charge on any atom is -0.480 e. The minimum absolute atomic E-state index is 0.0188. The van der Waals surface area contributed by atoms with Crippen LogP contribution in [0.2, 0.25) is 0 Å². The fourth-order valence-corrected chi connectivity index (χ4v) is 10.9. The zero-order valence-corrected chi connectivity index (χ0v) is 60.7. The molecule has 0 unspecified atom stereocenters. The Morgan fingerprint density at radius 1 is 0.429 bits per heavy atom. The Kier molecular flexibility index (Phi) is 36.4. The van der Waals surface area contributed by atoms with Crippen LogP contribution in [0, 0.1) is 23.7 Å². The van der Waals surface area contributed by atoms with Crippen LogP contribution in [0.5, 0.6) is 0 Å². The third-order valence-corrected chi connectivity index (χ3v) is 16.7. The Hall–Kier alpha value is -10.7. The molecule has 0 saturated carbocycles. The van der Waals surface area contributed by atoms with E-state index in [-0.39, 0.29) is 62.7 Å². The van der Waals surface area contributed by atoms with Crippen molar-refractivity contribution in [1.82, 2.24) is 73.8 Å². The third kappa shape index (κ3) is 30.7. The highest BCUT2D eigenvalue weighted by Crippen LogP contribution is 2.15. The number of aliphatic carboxylic acids is 1. The fourth-order valence-electron chi connectivity index (χ4n) is 10.9. The fraction of sp³-hybridized carbons (Fsp3) is 0.514. The van der Waals surface area contributed by atoms with Gasteiger partial charge in [-0.1, -0.05) is 153 Å². The largest absolute Gasteiger partial charge is 0.480 e. The Bertz CT molecular complexity index is 3530. The number of rotatable bonds is 45. The van der Waals surface area contributed by atoms with E-state index in [4.69, 9.17) is 11.5 Å². The summed E-state index contributed by atoms with van der Waals surface area (Å²) in [5.74, 6) is -14.8. The van der Waals surface area contributed by atoms with Crippen molar-refractivity contribution in [3.63, 3.8) is 0 Å². The average molecular weight is 1470 g/mol. The number of hydrogen-bond donors (Lipinski definition) is 18. The number of nitrogens with two attached hydrogens (primary N) is 2. The minimum atomic E-state index is -1.83. The van der Waals surface area contributed by atoms with Crippen molar-refractivity contribution in [1.29, 1.82) is 0 Å². The summed E-state index contributed by atoms with van der Waals surface area (Å²) >= 11 is 0. The molecule has 574 valence electrons. The summed E-state index contributed by atoms with van der Waals surface area (Å²) in [6.45, 7) is 12.4. The van der Waals surface area contributed by atoms with Crippen molar-refractivity contribution in [2.24, 2.45) is 35.1 Å². The molecule has 4 rings (SSSR count). The summed E-state index contributed by atoms with van der Waals surface area (Å²) in [5, 5.41) is 60.8. The molecule has 1 aromatic heterocycles. The molecule has 4 aromatic rings. The van der Waals surface area contributed by atoms with Crippen LogP contribution in [0.25, 0.3) is 0 Å². The van der Waals surface area contributed by atoms with Gasteiger partial charge in [0, 0.05) is 31.2 Å². The third-order valence-electron chi connectivity index (χ3n) is 16.7. The van der Waals surface area contributed by atoms with Crippen LogP contribution in [-0.4, -0.2) is 200 Å². The molecule has 13 amide bonds. The van der Waals surface area contributed by atoms with E-state index in [2.05, 4.69) is 73.8 Å². The highest BCUT2D eigenvalue weighted by atomic mass is 16.4. The second-order valence-electron chi connectivity index (χ2n) is 27.1. The van der Waals surface area contributed by atoms with Gasteiger partial charge in [0.2, 0.25) is 76.8 Å². The van der Waals surface area contributed by atoms with E-state index in [1.807, 2.05) is 19.9 Å². The zero-order chi connectivity index (χ0) is 78.0. The van der Waals surface area contributed by atoms with Crippen molar-refractivity contribution in [2.45, 2.75) is 193 Å². The van der Waals surface area contributed by atoms with Crippen molar-refractivity contribution in [2.75, 3.05) is 19.8 Å². The van der Waals surface area contributed by atoms with E-state index in [0.717, 1.165) is 5.56 Å². The van der Waals surface area contributed by atoms with Crippen molar-refractivity contribution in [3.8, 4) is 0 Å². The van der Waals surface area contributed by atoms with Crippen molar-refractivity contribution < 1.29 is 82.4 Å². The molecule has 0 aliphatic heterocycles. The summed E-state index contributed by atoms with van der Waals surface area (Å²) in [6, 6.07) is 8.51. The Balaban J connectivity index is 1.44. The van der Waals surface area contributed by atoms with Crippen molar-refractivity contribution in [3.05, 3.63) is 126 Å². The van der Waals surface area contributed by atoms with Gasteiger partial charge in [0.05, 0.1) is 38.5 Å². The van der Waals surface area contributed by atoms with Gasteiger partial charge in [0.1, 0.15) is 66.5 Å². The average Bonchev–Trinajstić information content (AvgIpc) is 1.42. The second kappa shape index (κ2) is 44.1. The van der Waals surface area contributed by atoms with Crippen molar-refractivity contribution >= 4 is 82.8 Å². The second-order valence-corrected chi connectivity index (χ2v) is 27.1. The number of nitrogens with one attached hydrogen (secondary N) is 13. The molecule has 105 heavy (non-hydrogen) atoms. The number of primary amides is 1. The normalized spacial score (nSPS) is 14.9. The first-order chi connectivity index (χ1) is 49.7. The molecule has 1 heterocycles. The van der Waals surface area contributed by atoms with Crippen LogP contribution in [0.3, 0.4) is 0 Å². The molecule has 0 spiro atoms. The van der Waals surface area contributed by atoms with E-state index >= 15 is 0 Å². The number of aromatic nitrogens is 2. The number of carbonyl (C=O) groups is 14. The highest BCUT2D eigenvalue weighted by Gasteiger charge is 2.38. The number of aliphatic hydroxyl groups excluding tert-OH is 2. The molecule has 0 saturated heterocycles. The number of aromatic amines is 1. The molecule has 0 bridgehead atoms. The van der Waals surface area contributed by atoms with Crippen LogP contribution in [0.4, 0.5) is 0 Å². The maximum atomic E-state index is 14.3. The predicted molar refractivity (Wildman–Crippen MR) is 384 cm³/mol. The SMILES string of the molecule is CC[C@H](C)[C@H](NC(=O)[C@H](Cc1cnc[nH]1)NC(=O)[C@H](CO)NC(=O)[C@H](CC(C)C)NC(=O)[C@@H](N)Cc1ccccc1)C(=O)N[C@@H](C)C(=O)NCC(=O)N[C@@H](Cc1ccccc1)C(=O)N[C@@H](CC(C)C)C(=O)N[C@@H](CO)C(=O)N[C@@H](CC(N)=O)C(=O)N[C@@H](CC(C)C)C(=O)N[C@@H](Cc1ccccc1)C(=O)O. The Morgan fingerprint density at radius 3 is 1.22 bits per heavy atom. The molecular weight excluding hydrogens is 1360 g/mol. The predicted octanol–water partition coefficient (Wildman–Crippen LogP) is -2.39. The van der Waals surface area contributed by atoms with Gasteiger partial charge in [-0.05, 0) is 73.0 Å². The van der Waals surface area contributed by atoms with E-state index in [1.54, 1.807) is 126 Å². The van der Waals surface area contributed by atoms with E-state index in [0.29, 0.717) is 23.2 Å². The number of H-pyrrole nitrogens is 1. The molecule has 20 N–H and O–H groups in total. The number of amides is 13. The molecule has 13 atom stereocenters. The number of imidazole rings is 1. The van der Waals surface area contributed by atoms with Crippen LogP contribution in [0.1, 0.15) is 117 Å². The van der Waals surface area contributed by atoms with Gasteiger partial charge in [-0.2, -0.15) is 0 Å². The Labute approximate surface area is 610 Å². The van der Waals surface area contributed by atoms with E-state index < -0.39 is 187 Å². The summed E-state index contributed by atoms with van der Waals surface area (Å²) < 4.78 is 0. The van der Waals surface area contributed by atoms with Crippen LogP contribution in [0.15, 0.2) is 104 Å². The first kappa shape index (κ1) is 86.7. The monoisotopic (exact) mass is 1460 g/mol. The van der Waals surface area contributed by atoms with E-state index in [1.165, 1.54) is 19.4 Å². The lowest BCUT2D eigenvalue weighted by Gasteiger charge is -2.28. The zero-order valence-electron chi connectivity index (χ0n) is 60.7. The molecule has 3 aromatic carbocycles. The summed E-state index contributed by atoms with van der Waals surface area (Å²) in [5.41, 5.74) is 14.0. The molecule has 33 heteroatoms. The molecule has 0 aliphatic carbocycles. The lowest BCUT2D eigenvalue weighted by Crippen LogP contribution is -2.61. The standard InChI is InChI=1S/C72H104N16O17/c1-10-42(8)60(88-68(100)53(32-47-34-75-38-77-47)83-69(101)56(36-89)86-64(96)49(26-39(2)3)80-62(94)48(73)29-44-20-14-11-15-21-44)71(103)78-43(9)61(93)76-35-59(92)79-52(30-45-22-16-12-17-23-45)66(98)81-51(28-41(6)7)65(97)87-57(37-90)70(102)84-54(33-58(74)91)67(99)82-50(27-40(4)5)63(95)85-55(72(104)105)31-46-24-18-13-19-25-46/h11-25,34,38-43,48-57,60,89-90H,10,26-33,35-37,73H2,1-9H3,(H2,74,91)(H,75,77)(H,76,93)(H,78,103)(H,79,92)(H,80,94)(H,81,98)(H,82,99)(H,83,101)(H,84,102)(H,85,95)(H,86,96)(H,87,97)(H,88,100)(H,104,105)/t42-,43-,48-,49-,50-,51-,52-,53-,54-,55-,56-,57-,60-/m0/s1. The number of hydrogen-bond acceptors (Lipinski definition) is 18. The highest BCUT2D eigenvalue weighted by molar-refractivity contribution is 6.00. The van der Waals surface area contributed by atoms with Gasteiger partial charge in [-0.15, -0.1) is 0 Å². The smallest absolute Gasteiger partial charge is 0.326 e. The topological polar surface area (TPSA) is 525 Å². The lowest BCUT2D eigenvalue weighted by atomic mass is 9.97. The van der Waals surface area contributed by atoms with E-state index in [9.17, 15) is 82.4 Å². The van der Waals surface area contributed by atoms with Gasteiger partial charge in [0.25, 0.3) is 0 Å². The summed E-state index contributed by atoms with van der Waals surface area (Å²) in [6.07, 6.45) is 1.93. The summed E-state index contributed by atoms with van der Waals surface area (Å²) in [7, 11) is 0. The maximum absolute atomic E-state index is 14.3. The van der Waals surface area contributed by atoms with Gasteiger partial charge >= 0.3 is 5.97 Å². The first-order valence-electron chi connectivity index (χ1n) is 34.9. The van der Waals surface area contributed by atoms with Crippen LogP contribution >= 0.6 is 0 Å². The Morgan fingerprint density at radius 2 is 0.800 bits per heavy atom. The molecule has 33 nitrogen and oxygen atoms in total. The lowest BCUT2D eigenvalue weighted by molar-refractivity contribution is -0.142. The number of aliphatic hydroxyl groups is 2. The summed E-state index contributed by atoms with van der Waals surface area (Å²) in [4.78, 5) is 198. The molecule has 0 aliphatic rings. The number of nitrogens with zero attached hydrogens (tertiary/aromatic N) is 1. The number of carbonyl (C=O) groups excluding carboxylic acids is 13. The number of carboxylic acids is 1.